The van der Waals surface area contributed by atoms with Gasteiger partial charge in [-0.05, 0) is 43.4 Å². The summed E-state index contributed by atoms with van der Waals surface area (Å²) in [4.78, 5) is 0. The van der Waals surface area contributed by atoms with E-state index in [0.717, 1.165) is 43.4 Å². The van der Waals surface area contributed by atoms with Crippen LogP contribution in [0.3, 0.4) is 0 Å². The predicted octanol–water partition coefficient (Wildman–Crippen LogP) is 3.75. The second kappa shape index (κ2) is 6.59. The highest BCUT2D eigenvalue weighted by Crippen LogP contribution is 2.29. The van der Waals surface area contributed by atoms with Crippen LogP contribution in [-0.2, 0) is 17.5 Å². The molecule has 1 aromatic carbocycles. The first kappa shape index (κ1) is 15.3. The molecule has 1 saturated carbocycles. The van der Waals surface area contributed by atoms with Gasteiger partial charge in [0.15, 0.2) is 0 Å². The lowest BCUT2D eigenvalue weighted by Gasteiger charge is -2.28. The Morgan fingerprint density at radius 2 is 1.70 bits per heavy atom. The zero-order chi connectivity index (χ0) is 14.6. The molecule has 0 atom stereocenters. The Morgan fingerprint density at radius 1 is 1.10 bits per heavy atom. The van der Waals surface area contributed by atoms with Crippen LogP contribution in [0.4, 0.5) is 13.2 Å². The van der Waals surface area contributed by atoms with Gasteiger partial charge in [0, 0.05) is 19.7 Å². The SMILES string of the molecule is COC1CCC(NCc2ccc(C(F)(F)F)cc2)CC1. The minimum Gasteiger partial charge on any atom is -0.381 e. The molecule has 1 aliphatic rings. The minimum absolute atomic E-state index is 0.360. The fraction of sp³-hybridized carbons (Fsp3) is 0.600. The Kier molecular flexibility index (Phi) is 5.05. The van der Waals surface area contributed by atoms with Gasteiger partial charge in [0.2, 0.25) is 0 Å². The summed E-state index contributed by atoms with van der Waals surface area (Å²) in [6.45, 7) is 0.612. The van der Waals surface area contributed by atoms with Crippen LogP contribution in [0.1, 0.15) is 36.8 Å². The monoisotopic (exact) mass is 287 g/mol. The molecule has 0 bridgehead atoms. The fourth-order valence-electron chi connectivity index (χ4n) is 2.58. The Balaban J connectivity index is 1.80. The lowest BCUT2D eigenvalue weighted by molar-refractivity contribution is -0.137. The zero-order valence-corrected chi connectivity index (χ0v) is 11.5. The van der Waals surface area contributed by atoms with Crippen LogP contribution >= 0.6 is 0 Å². The first-order chi connectivity index (χ1) is 9.49. The highest BCUT2D eigenvalue weighted by atomic mass is 19.4. The van der Waals surface area contributed by atoms with Gasteiger partial charge in [-0.2, -0.15) is 13.2 Å². The van der Waals surface area contributed by atoms with Gasteiger partial charge in [-0.25, -0.2) is 0 Å². The Hall–Kier alpha value is -1.07. The van der Waals surface area contributed by atoms with Gasteiger partial charge in [0.05, 0.1) is 11.7 Å². The molecule has 1 aliphatic carbocycles. The number of benzene rings is 1. The third-order valence-corrected chi connectivity index (χ3v) is 3.88. The van der Waals surface area contributed by atoms with Gasteiger partial charge in [-0.1, -0.05) is 12.1 Å². The fourth-order valence-corrected chi connectivity index (χ4v) is 2.58. The molecular weight excluding hydrogens is 267 g/mol. The standard InChI is InChI=1S/C15H20F3NO/c1-20-14-8-6-13(7-9-14)19-10-11-2-4-12(5-3-11)15(16,17)18/h2-5,13-14,19H,6-10H2,1H3. The Morgan fingerprint density at radius 3 is 2.20 bits per heavy atom. The number of ether oxygens (including phenoxy) is 1. The minimum atomic E-state index is -4.26. The van der Waals surface area contributed by atoms with Crippen molar-refractivity contribution in [3.05, 3.63) is 35.4 Å². The van der Waals surface area contributed by atoms with Crippen molar-refractivity contribution in [2.24, 2.45) is 0 Å². The van der Waals surface area contributed by atoms with E-state index in [1.54, 1.807) is 7.11 Å². The number of halogens is 3. The number of rotatable bonds is 4. The summed E-state index contributed by atoms with van der Waals surface area (Å²) in [6.07, 6.45) is 0.296. The number of alkyl halides is 3. The van der Waals surface area contributed by atoms with Crippen LogP contribution in [0.5, 0.6) is 0 Å². The van der Waals surface area contributed by atoms with Crippen molar-refractivity contribution < 1.29 is 17.9 Å². The van der Waals surface area contributed by atoms with Crippen molar-refractivity contribution in [1.29, 1.82) is 0 Å². The maximum Gasteiger partial charge on any atom is 0.416 e. The van der Waals surface area contributed by atoms with Gasteiger partial charge in [-0.15, -0.1) is 0 Å². The second-order valence-electron chi connectivity index (χ2n) is 5.28. The van der Waals surface area contributed by atoms with E-state index in [9.17, 15) is 13.2 Å². The number of hydrogen-bond acceptors (Lipinski definition) is 2. The molecule has 2 nitrogen and oxygen atoms in total. The van der Waals surface area contributed by atoms with Gasteiger partial charge >= 0.3 is 6.18 Å². The molecule has 0 radical (unpaired) electrons. The van der Waals surface area contributed by atoms with Crippen LogP contribution in [0.2, 0.25) is 0 Å². The summed E-state index contributed by atoms with van der Waals surface area (Å²) in [5, 5.41) is 3.40. The number of hydrogen-bond donors (Lipinski definition) is 1. The zero-order valence-electron chi connectivity index (χ0n) is 11.5. The average Bonchev–Trinajstić information content (AvgIpc) is 2.45. The molecule has 0 unspecified atom stereocenters. The lowest BCUT2D eigenvalue weighted by atomic mass is 9.93. The van der Waals surface area contributed by atoms with Crippen LogP contribution in [-0.4, -0.2) is 19.3 Å². The van der Waals surface area contributed by atoms with E-state index in [-0.39, 0.29) is 0 Å². The van der Waals surface area contributed by atoms with Crippen molar-refractivity contribution in [3.63, 3.8) is 0 Å². The van der Waals surface area contributed by atoms with Gasteiger partial charge in [-0.3, -0.25) is 0 Å². The molecule has 1 aromatic rings. The highest BCUT2D eigenvalue weighted by molar-refractivity contribution is 5.24. The summed E-state index contributed by atoms with van der Waals surface area (Å²) < 4.78 is 42.6. The molecule has 0 amide bonds. The van der Waals surface area contributed by atoms with Crippen molar-refractivity contribution in [1.82, 2.24) is 5.32 Å². The second-order valence-corrected chi connectivity index (χ2v) is 5.28. The molecule has 0 saturated heterocycles. The van der Waals surface area contributed by atoms with Crippen LogP contribution in [0, 0.1) is 0 Å². The van der Waals surface area contributed by atoms with Crippen LogP contribution in [0.15, 0.2) is 24.3 Å². The average molecular weight is 287 g/mol. The predicted molar refractivity (Wildman–Crippen MR) is 71.3 cm³/mol. The summed E-state index contributed by atoms with van der Waals surface area (Å²) >= 11 is 0. The van der Waals surface area contributed by atoms with Crippen molar-refractivity contribution in [3.8, 4) is 0 Å². The van der Waals surface area contributed by atoms with E-state index >= 15 is 0 Å². The normalized spacial score (nSPS) is 23.8. The van der Waals surface area contributed by atoms with Crippen molar-refractivity contribution in [2.45, 2.75) is 50.6 Å². The Labute approximate surface area is 117 Å². The first-order valence-electron chi connectivity index (χ1n) is 6.91. The maximum atomic E-state index is 12.4. The first-order valence-corrected chi connectivity index (χ1v) is 6.91. The molecule has 20 heavy (non-hydrogen) atoms. The van der Waals surface area contributed by atoms with Gasteiger partial charge in [0.25, 0.3) is 0 Å². The summed E-state index contributed by atoms with van der Waals surface area (Å²) in [6, 6.07) is 5.79. The molecular formula is C15H20F3NO. The van der Waals surface area contributed by atoms with Crippen LogP contribution in [0.25, 0.3) is 0 Å². The molecule has 0 spiro atoms. The number of nitrogens with one attached hydrogen (secondary N) is 1. The topological polar surface area (TPSA) is 21.3 Å². The van der Waals surface area contributed by atoms with E-state index in [2.05, 4.69) is 5.32 Å². The smallest absolute Gasteiger partial charge is 0.381 e. The Bertz CT molecular complexity index is 408. The molecule has 0 aliphatic heterocycles. The lowest BCUT2D eigenvalue weighted by Crippen LogP contribution is -2.34. The maximum absolute atomic E-state index is 12.4. The van der Waals surface area contributed by atoms with E-state index < -0.39 is 11.7 Å². The summed E-state index contributed by atoms with van der Waals surface area (Å²) in [7, 11) is 1.74. The molecule has 1 N–H and O–H groups in total. The van der Waals surface area contributed by atoms with E-state index in [1.165, 1.54) is 12.1 Å². The third kappa shape index (κ3) is 4.21. The van der Waals surface area contributed by atoms with E-state index in [1.807, 2.05) is 0 Å². The number of methoxy groups -OCH3 is 1. The van der Waals surface area contributed by atoms with Crippen LogP contribution < -0.4 is 5.32 Å². The van der Waals surface area contributed by atoms with Crippen molar-refractivity contribution >= 4 is 0 Å². The molecule has 0 heterocycles. The van der Waals surface area contributed by atoms with Crippen molar-refractivity contribution in [2.75, 3.05) is 7.11 Å². The van der Waals surface area contributed by atoms with Gasteiger partial charge in [0.1, 0.15) is 0 Å². The molecule has 0 aromatic heterocycles. The molecule has 5 heteroatoms. The highest BCUT2D eigenvalue weighted by Gasteiger charge is 2.29. The molecule has 112 valence electrons. The van der Waals surface area contributed by atoms with Gasteiger partial charge < -0.3 is 10.1 Å². The molecule has 2 rings (SSSR count). The van der Waals surface area contributed by atoms with E-state index in [4.69, 9.17) is 4.74 Å². The summed E-state index contributed by atoms with van der Waals surface area (Å²) in [5.74, 6) is 0. The quantitative estimate of drug-likeness (QED) is 0.910. The van der Waals surface area contributed by atoms with E-state index in [0.29, 0.717) is 18.7 Å². The largest absolute Gasteiger partial charge is 0.416 e. The summed E-state index contributed by atoms with van der Waals surface area (Å²) in [5.41, 5.74) is 0.286. The molecule has 1 fully saturated rings. The third-order valence-electron chi connectivity index (χ3n) is 3.88.